The van der Waals surface area contributed by atoms with Gasteiger partial charge in [0, 0.05) is 5.41 Å². The Balaban J connectivity index is 2.02. The maximum atomic E-state index is 11.5. The molecule has 0 saturated heterocycles. The number of nitrogens with zero attached hydrogens (tertiary/aromatic N) is 2. The molecule has 0 aromatic carbocycles. The molecule has 1 atom stereocenters. The van der Waals surface area contributed by atoms with Crippen molar-refractivity contribution in [3.05, 3.63) is 17.3 Å². The number of sulfone groups is 1. The van der Waals surface area contributed by atoms with Crippen LogP contribution in [0.5, 0.6) is 0 Å². The minimum absolute atomic E-state index is 0.0419. The Morgan fingerprint density at radius 2 is 2.38 bits per heavy atom. The molecule has 1 aliphatic rings. The van der Waals surface area contributed by atoms with Gasteiger partial charge in [-0.2, -0.15) is 4.98 Å². The maximum Gasteiger partial charge on any atom is 0.289 e. The highest BCUT2D eigenvalue weighted by atomic mass is 32.2. The molecule has 1 amide bonds. The molecule has 0 bridgehead atoms. The van der Waals surface area contributed by atoms with Gasteiger partial charge in [0.15, 0.2) is 9.84 Å². The summed E-state index contributed by atoms with van der Waals surface area (Å²) < 4.78 is 22.1. The molecule has 8 nitrogen and oxygen atoms in total. The highest BCUT2D eigenvalue weighted by Crippen LogP contribution is 2.08. The number of carbonyl (C=O) groups excluding carboxylic acids is 1. The van der Waals surface area contributed by atoms with Crippen LogP contribution in [-0.2, 0) is 9.84 Å². The van der Waals surface area contributed by atoms with Gasteiger partial charge in [-0.3, -0.25) is 9.89 Å². The van der Waals surface area contributed by atoms with Gasteiger partial charge in [-0.15, -0.1) is 5.10 Å². The lowest BCUT2D eigenvalue weighted by Crippen LogP contribution is -2.36. The van der Waals surface area contributed by atoms with Gasteiger partial charge in [0.2, 0.25) is 11.8 Å². The zero-order chi connectivity index (χ0) is 11.8. The Labute approximate surface area is 90.9 Å². The molecular formula is C7H9N5O3S. The van der Waals surface area contributed by atoms with Gasteiger partial charge in [-0.1, -0.05) is 0 Å². The van der Waals surface area contributed by atoms with E-state index in [0.29, 0.717) is 0 Å². The largest absolute Gasteiger partial charge is 0.366 e. The lowest BCUT2D eigenvalue weighted by atomic mass is 10.3. The third-order valence-electron chi connectivity index (χ3n) is 1.96. The molecule has 2 heterocycles. The number of rotatable bonds is 2. The van der Waals surface area contributed by atoms with Crippen LogP contribution in [0.2, 0.25) is 0 Å². The summed E-state index contributed by atoms with van der Waals surface area (Å²) in [7, 11) is -3.18. The van der Waals surface area contributed by atoms with Crippen molar-refractivity contribution < 1.29 is 13.2 Å². The Morgan fingerprint density at radius 1 is 1.62 bits per heavy atom. The van der Waals surface area contributed by atoms with Crippen molar-refractivity contribution >= 4 is 21.7 Å². The Kier molecular flexibility index (Phi) is 2.38. The standard InChI is InChI=1S/C7H9N5O3S/c8-7-10-5(11-12-7)6(13)9-4-1-2-16(14,15)3-4/h1-2,4H,3H2,(H,9,13)(H3,8,10,11,12). The molecule has 1 unspecified atom stereocenters. The number of nitrogen functional groups attached to an aromatic ring is 1. The highest BCUT2D eigenvalue weighted by molar-refractivity contribution is 7.94. The van der Waals surface area contributed by atoms with Gasteiger partial charge >= 0.3 is 0 Å². The highest BCUT2D eigenvalue weighted by Gasteiger charge is 2.24. The predicted octanol–water partition coefficient (Wildman–Crippen LogP) is -1.57. The van der Waals surface area contributed by atoms with E-state index in [9.17, 15) is 13.2 Å². The van der Waals surface area contributed by atoms with E-state index in [1.165, 1.54) is 6.08 Å². The minimum Gasteiger partial charge on any atom is -0.366 e. The first kappa shape index (κ1) is 10.6. The van der Waals surface area contributed by atoms with E-state index in [1.54, 1.807) is 0 Å². The van der Waals surface area contributed by atoms with E-state index in [4.69, 9.17) is 5.73 Å². The third-order valence-corrected chi connectivity index (χ3v) is 3.36. The van der Waals surface area contributed by atoms with Crippen molar-refractivity contribution in [3.63, 3.8) is 0 Å². The van der Waals surface area contributed by atoms with Crippen LogP contribution in [0.25, 0.3) is 0 Å². The Hall–Kier alpha value is -1.90. The molecule has 16 heavy (non-hydrogen) atoms. The lowest BCUT2D eigenvalue weighted by Gasteiger charge is -2.07. The van der Waals surface area contributed by atoms with E-state index in [1.807, 2.05) is 0 Å². The molecule has 0 spiro atoms. The Bertz CT molecular complexity index is 546. The van der Waals surface area contributed by atoms with Crippen LogP contribution >= 0.6 is 0 Å². The van der Waals surface area contributed by atoms with Crippen molar-refractivity contribution in [2.24, 2.45) is 0 Å². The molecule has 1 aromatic rings. The first-order valence-electron chi connectivity index (χ1n) is 4.36. The fourth-order valence-electron chi connectivity index (χ4n) is 1.28. The van der Waals surface area contributed by atoms with Crippen LogP contribution in [0, 0.1) is 0 Å². The molecule has 4 N–H and O–H groups in total. The number of nitrogens with one attached hydrogen (secondary N) is 2. The van der Waals surface area contributed by atoms with Crippen molar-refractivity contribution in [1.29, 1.82) is 0 Å². The van der Waals surface area contributed by atoms with Crippen molar-refractivity contribution in [1.82, 2.24) is 20.5 Å². The van der Waals surface area contributed by atoms with Crippen LogP contribution in [-0.4, -0.2) is 41.3 Å². The first-order chi connectivity index (χ1) is 7.46. The number of amides is 1. The molecule has 0 aliphatic carbocycles. The molecule has 1 aromatic heterocycles. The topological polar surface area (TPSA) is 131 Å². The average molecular weight is 243 g/mol. The van der Waals surface area contributed by atoms with Crippen LogP contribution in [0.1, 0.15) is 10.6 Å². The number of nitrogens with two attached hydrogens (primary N) is 1. The number of carbonyl (C=O) groups is 1. The van der Waals surface area contributed by atoms with Crippen molar-refractivity contribution in [2.45, 2.75) is 6.04 Å². The summed E-state index contributed by atoms with van der Waals surface area (Å²) in [4.78, 5) is 15.1. The molecule has 0 saturated carbocycles. The fraction of sp³-hybridized carbons (Fsp3) is 0.286. The van der Waals surface area contributed by atoms with Gasteiger partial charge < -0.3 is 11.1 Å². The number of anilines is 1. The number of aromatic amines is 1. The molecule has 86 valence electrons. The van der Waals surface area contributed by atoms with Crippen LogP contribution in [0.3, 0.4) is 0 Å². The summed E-state index contributed by atoms with van der Waals surface area (Å²) in [5.74, 6) is -0.770. The third kappa shape index (κ3) is 2.19. The van der Waals surface area contributed by atoms with E-state index >= 15 is 0 Å². The minimum atomic E-state index is -3.18. The average Bonchev–Trinajstić information content (AvgIpc) is 2.73. The van der Waals surface area contributed by atoms with E-state index in [2.05, 4.69) is 20.5 Å². The van der Waals surface area contributed by atoms with Gasteiger partial charge in [0.1, 0.15) is 0 Å². The molecule has 1 aliphatic heterocycles. The summed E-state index contributed by atoms with van der Waals surface area (Å²) in [6.45, 7) is 0. The fourth-order valence-corrected chi connectivity index (χ4v) is 2.51. The van der Waals surface area contributed by atoms with E-state index in [-0.39, 0.29) is 17.5 Å². The summed E-state index contributed by atoms with van der Waals surface area (Å²) in [6.07, 6.45) is 1.41. The second kappa shape index (κ2) is 3.59. The van der Waals surface area contributed by atoms with Crippen LogP contribution in [0.15, 0.2) is 11.5 Å². The normalized spacial score (nSPS) is 22.1. The smallest absolute Gasteiger partial charge is 0.289 e. The monoisotopic (exact) mass is 243 g/mol. The summed E-state index contributed by atoms with van der Waals surface area (Å²) in [5.41, 5.74) is 5.22. The second-order valence-corrected chi connectivity index (χ2v) is 5.21. The quantitative estimate of drug-likeness (QED) is 0.575. The van der Waals surface area contributed by atoms with Gasteiger partial charge in [0.05, 0.1) is 11.8 Å². The molecular weight excluding hydrogens is 234 g/mol. The number of H-pyrrole nitrogens is 1. The first-order valence-corrected chi connectivity index (χ1v) is 6.07. The molecule has 0 radical (unpaired) electrons. The summed E-state index contributed by atoms with van der Waals surface area (Å²) in [6, 6.07) is -0.538. The van der Waals surface area contributed by atoms with Crippen LogP contribution < -0.4 is 11.1 Å². The maximum absolute atomic E-state index is 11.5. The van der Waals surface area contributed by atoms with E-state index < -0.39 is 21.8 Å². The van der Waals surface area contributed by atoms with Crippen molar-refractivity contribution in [2.75, 3.05) is 11.5 Å². The predicted molar refractivity (Wildman–Crippen MR) is 55.0 cm³/mol. The van der Waals surface area contributed by atoms with Gasteiger partial charge in [0.25, 0.3) is 5.91 Å². The molecule has 0 fully saturated rings. The molecule has 9 heteroatoms. The lowest BCUT2D eigenvalue weighted by molar-refractivity contribution is 0.0937. The zero-order valence-electron chi connectivity index (χ0n) is 8.04. The van der Waals surface area contributed by atoms with Crippen LogP contribution in [0.4, 0.5) is 5.95 Å². The Morgan fingerprint density at radius 3 is 2.88 bits per heavy atom. The zero-order valence-corrected chi connectivity index (χ0v) is 8.86. The summed E-state index contributed by atoms with van der Waals surface area (Å²) in [5, 5.41) is 9.36. The number of aromatic nitrogens is 3. The second-order valence-electron chi connectivity index (χ2n) is 3.28. The SMILES string of the molecule is Nc1n[nH]c(C(=O)NC2C=CS(=O)(=O)C2)n1. The van der Waals surface area contributed by atoms with Crippen molar-refractivity contribution in [3.8, 4) is 0 Å². The number of hydrogen-bond acceptors (Lipinski definition) is 6. The number of hydrogen-bond donors (Lipinski definition) is 3. The van der Waals surface area contributed by atoms with Gasteiger partial charge in [-0.25, -0.2) is 8.42 Å². The van der Waals surface area contributed by atoms with E-state index in [0.717, 1.165) is 5.41 Å². The molecule has 2 rings (SSSR count). The summed E-state index contributed by atoms with van der Waals surface area (Å²) >= 11 is 0. The van der Waals surface area contributed by atoms with Gasteiger partial charge in [-0.05, 0) is 6.08 Å².